The first-order valence-corrected chi connectivity index (χ1v) is 8.60. The first-order valence-electron chi connectivity index (χ1n) is 6.99. The predicted octanol–water partition coefficient (Wildman–Crippen LogP) is 3.33. The van der Waals surface area contributed by atoms with E-state index in [1.165, 1.54) is 0 Å². The van der Waals surface area contributed by atoms with E-state index in [1.807, 2.05) is 18.2 Å². The number of hydrogen-bond donors (Lipinski definition) is 0. The summed E-state index contributed by atoms with van der Waals surface area (Å²) in [7, 11) is 0. The molecule has 0 aromatic carbocycles. The summed E-state index contributed by atoms with van der Waals surface area (Å²) in [5.41, 5.74) is 0. The summed E-state index contributed by atoms with van der Waals surface area (Å²) in [5.74, 6) is -0.429. The highest BCUT2D eigenvalue weighted by molar-refractivity contribution is 9.11. The number of amides is 1. The van der Waals surface area contributed by atoms with Crippen LogP contribution in [0.1, 0.15) is 24.6 Å². The molecule has 6 heteroatoms. The number of carbonyl (C=O) groups is 2. The molecule has 0 N–H and O–H groups in total. The molecule has 0 radical (unpaired) electrons. The van der Waals surface area contributed by atoms with Gasteiger partial charge in [-0.25, -0.2) is 0 Å². The fourth-order valence-corrected chi connectivity index (χ4v) is 3.63. The summed E-state index contributed by atoms with van der Waals surface area (Å²) in [6.07, 6.45) is 5.02. The van der Waals surface area contributed by atoms with Crippen LogP contribution in [0.5, 0.6) is 0 Å². The Bertz CT molecular complexity index is 541. The van der Waals surface area contributed by atoms with E-state index in [0.29, 0.717) is 19.7 Å². The van der Waals surface area contributed by atoms with E-state index in [1.54, 1.807) is 29.2 Å². The largest absolute Gasteiger partial charge is 0.466 e. The lowest BCUT2D eigenvalue weighted by molar-refractivity contribution is -0.150. The van der Waals surface area contributed by atoms with Crippen molar-refractivity contribution in [3.8, 4) is 0 Å². The van der Waals surface area contributed by atoms with Crippen molar-refractivity contribution in [3.05, 3.63) is 26.9 Å². The van der Waals surface area contributed by atoms with Crippen molar-refractivity contribution in [1.29, 1.82) is 0 Å². The summed E-state index contributed by atoms with van der Waals surface area (Å²) < 4.78 is 6.08. The lowest BCUT2D eigenvalue weighted by Crippen LogP contribution is -2.42. The van der Waals surface area contributed by atoms with Crippen LogP contribution >= 0.6 is 27.3 Å². The Hall–Kier alpha value is -1.14. The molecule has 4 nitrogen and oxygen atoms in total. The van der Waals surface area contributed by atoms with Crippen molar-refractivity contribution < 1.29 is 14.3 Å². The number of esters is 1. The summed E-state index contributed by atoms with van der Waals surface area (Å²) in [6.45, 7) is 3.34. The molecule has 0 unspecified atom stereocenters. The summed E-state index contributed by atoms with van der Waals surface area (Å²) in [5, 5.41) is 0. The summed E-state index contributed by atoms with van der Waals surface area (Å²) in [6, 6.07) is 3.91. The maximum Gasteiger partial charge on any atom is 0.310 e. The highest BCUT2D eigenvalue weighted by Gasteiger charge is 2.28. The standard InChI is InChI=1S/C15H18BrNO3S/c1-2-20-15(19)11-4-3-9-17(10-11)14(18)8-6-12-5-7-13(16)21-12/h5-8,11H,2-4,9-10H2,1H3/b8-6+/t11-/m0/s1. The van der Waals surface area contributed by atoms with E-state index in [9.17, 15) is 9.59 Å². The Labute approximate surface area is 136 Å². The average Bonchev–Trinajstić information content (AvgIpc) is 2.91. The molecule has 2 rings (SSSR count). The summed E-state index contributed by atoms with van der Waals surface area (Å²) >= 11 is 4.97. The molecule has 1 amide bonds. The van der Waals surface area contributed by atoms with Gasteiger partial charge in [0.05, 0.1) is 16.3 Å². The maximum atomic E-state index is 12.2. The van der Waals surface area contributed by atoms with Gasteiger partial charge in [-0.1, -0.05) is 0 Å². The van der Waals surface area contributed by atoms with Crippen molar-refractivity contribution in [2.75, 3.05) is 19.7 Å². The lowest BCUT2D eigenvalue weighted by atomic mass is 9.98. The summed E-state index contributed by atoms with van der Waals surface area (Å²) in [4.78, 5) is 26.7. The van der Waals surface area contributed by atoms with Gasteiger partial charge in [0, 0.05) is 24.0 Å². The molecule has 114 valence electrons. The topological polar surface area (TPSA) is 46.6 Å². The fraction of sp³-hybridized carbons (Fsp3) is 0.467. The lowest BCUT2D eigenvalue weighted by Gasteiger charge is -2.30. The molecule has 1 aromatic heterocycles. The zero-order valence-electron chi connectivity index (χ0n) is 11.9. The normalized spacial score (nSPS) is 19.0. The molecule has 1 aliphatic heterocycles. The number of hydrogen-bond acceptors (Lipinski definition) is 4. The molecule has 1 atom stereocenters. The van der Waals surface area contributed by atoms with E-state index in [4.69, 9.17) is 4.74 Å². The van der Waals surface area contributed by atoms with Gasteiger partial charge in [-0.3, -0.25) is 9.59 Å². The van der Waals surface area contributed by atoms with Gasteiger partial charge in [-0.15, -0.1) is 11.3 Å². The van der Waals surface area contributed by atoms with Gasteiger partial charge in [0.1, 0.15) is 0 Å². The van der Waals surface area contributed by atoms with Crippen molar-refractivity contribution in [1.82, 2.24) is 4.90 Å². The highest BCUT2D eigenvalue weighted by atomic mass is 79.9. The number of nitrogens with zero attached hydrogens (tertiary/aromatic N) is 1. The molecule has 2 heterocycles. The molecule has 1 fully saturated rings. The monoisotopic (exact) mass is 371 g/mol. The Morgan fingerprint density at radius 3 is 3.00 bits per heavy atom. The second-order valence-electron chi connectivity index (χ2n) is 4.85. The fourth-order valence-electron chi connectivity index (χ4n) is 2.31. The smallest absolute Gasteiger partial charge is 0.310 e. The molecule has 0 bridgehead atoms. The van der Waals surface area contributed by atoms with Gasteiger partial charge in [0.15, 0.2) is 0 Å². The third-order valence-electron chi connectivity index (χ3n) is 3.34. The Balaban J connectivity index is 1.92. The number of halogens is 1. The Kier molecular flexibility index (Phi) is 5.99. The molecule has 1 aliphatic rings. The van der Waals surface area contributed by atoms with Gasteiger partial charge in [0.25, 0.3) is 0 Å². The third kappa shape index (κ3) is 4.68. The van der Waals surface area contributed by atoms with Crippen LogP contribution in [0.3, 0.4) is 0 Å². The molecular weight excluding hydrogens is 354 g/mol. The number of likely N-dealkylation sites (tertiary alicyclic amines) is 1. The number of rotatable bonds is 4. The van der Waals surface area contributed by atoms with Crippen LogP contribution in [-0.4, -0.2) is 36.5 Å². The van der Waals surface area contributed by atoms with E-state index < -0.39 is 0 Å². The van der Waals surface area contributed by atoms with Gasteiger partial charge in [0.2, 0.25) is 5.91 Å². The molecule has 1 saturated heterocycles. The van der Waals surface area contributed by atoms with Gasteiger partial charge in [-0.2, -0.15) is 0 Å². The van der Waals surface area contributed by atoms with Crippen LogP contribution in [0, 0.1) is 5.92 Å². The average molecular weight is 372 g/mol. The number of ether oxygens (including phenoxy) is 1. The second kappa shape index (κ2) is 7.75. The number of piperidine rings is 1. The first-order chi connectivity index (χ1) is 10.1. The van der Waals surface area contributed by atoms with Crippen LogP contribution in [0.25, 0.3) is 6.08 Å². The Morgan fingerprint density at radius 1 is 1.52 bits per heavy atom. The van der Waals surface area contributed by atoms with Crippen molar-refractivity contribution in [3.63, 3.8) is 0 Å². The quantitative estimate of drug-likeness (QED) is 0.602. The van der Waals surface area contributed by atoms with Gasteiger partial charge < -0.3 is 9.64 Å². The van der Waals surface area contributed by atoms with Crippen molar-refractivity contribution in [2.24, 2.45) is 5.92 Å². The minimum Gasteiger partial charge on any atom is -0.466 e. The molecule has 0 spiro atoms. The maximum absolute atomic E-state index is 12.2. The van der Waals surface area contributed by atoms with Crippen LogP contribution < -0.4 is 0 Å². The van der Waals surface area contributed by atoms with Crippen LogP contribution in [-0.2, 0) is 14.3 Å². The molecule has 0 aliphatic carbocycles. The zero-order valence-corrected chi connectivity index (χ0v) is 14.3. The number of thiophene rings is 1. The number of carbonyl (C=O) groups excluding carboxylic acids is 2. The van der Waals surface area contributed by atoms with Crippen molar-refractivity contribution >= 4 is 45.2 Å². The third-order valence-corrected chi connectivity index (χ3v) is 4.93. The van der Waals surface area contributed by atoms with E-state index in [0.717, 1.165) is 21.5 Å². The van der Waals surface area contributed by atoms with Crippen LogP contribution in [0.4, 0.5) is 0 Å². The van der Waals surface area contributed by atoms with Crippen LogP contribution in [0.2, 0.25) is 0 Å². The van der Waals surface area contributed by atoms with Gasteiger partial charge >= 0.3 is 5.97 Å². The minimum atomic E-state index is -0.193. The second-order valence-corrected chi connectivity index (χ2v) is 7.35. The van der Waals surface area contributed by atoms with E-state index in [2.05, 4.69) is 15.9 Å². The molecule has 1 aromatic rings. The highest BCUT2D eigenvalue weighted by Crippen LogP contribution is 2.23. The van der Waals surface area contributed by atoms with E-state index >= 15 is 0 Å². The SMILES string of the molecule is CCOC(=O)[C@H]1CCCN(C(=O)/C=C/c2ccc(Br)s2)C1. The molecular formula is C15H18BrNO3S. The first kappa shape index (κ1) is 16.2. The molecule has 0 saturated carbocycles. The van der Waals surface area contributed by atoms with Gasteiger partial charge in [-0.05, 0) is 53.9 Å². The van der Waals surface area contributed by atoms with Crippen LogP contribution in [0.15, 0.2) is 22.0 Å². The zero-order chi connectivity index (χ0) is 15.2. The Morgan fingerprint density at radius 2 is 2.33 bits per heavy atom. The van der Waals surface area contributed by atoms with Crippen molar-refractivity contribution in [2.45, 2.75) is 19.8 Å². The minimum absolute atomic E-state index is 0.0477. The predicted molar refractivity (Wildman–Crippen MR) is 87.0 cm³/mol. The molecule has 21 heavy (non-hydrogen) atoms. The van der Waals surface area contributed by atoms with E-state index in [-0.39, 0.29) is 17.8 Å².